The van der Waals surface area contributed by atoms with Gasteiger partial charge in [-0.15, -0.1) is 11.0 Å². The summed E-state index contributed by atoms with van der Waals surface area (Å²) in [6.07, 6.45) is 1.30. The maximum Gasteiger partial charge on any atom is 0.284 e. The lowest BCUT2D eigenvalue weighted by molar-refractivity contribution is -0.127. The first-order valence-corrected chi connectivity index (χ1v) is 12.0. The van der Waals surface area contributed by atoms with Crippen molar-refractivity contribution in [1.82, 2.24) is 4.90 Å². The Morgan fingerprint density at radius 3 is 2.29 bits per heavy atom. The summed E-state index contributed by atoms with van der Waals surface area (Å²) in [5.41, 5.74) is 0.534. The summed E-state index contributed by atoms with van der Waals surface area (Å²) in [7, 11) is -4.07. The molecule has 1 heterocycles. The Bertz CT molecular complexity index is 1130. The minimum Gasteiger partial charge on any atom is -0.326 e. The quantitative estimate of drug-likeness (QED) is 0.578. The second-order valence-electron chi connectivity index (χ2n) is 6.41. The topological polar surface area (TPSA) is 95.9 Å². The number of hydrogen-bond donors (Lipinski definition) is 1. The highest BCUT2D eigenvalue weighted by Gasteiger charge is 2.39. The van der Waals surface area contributed by atoms with Gasteiger partial charge in [-0.3, -0.25) is 14.5 Å². The first-order chi connectivity index (χ1) is 14.7. The predicted octanol–water partition coefficient (Wildman–Crippen LogP) is 4.20. The SMILES string of the molecule is C=CCN1C(=O)C(CC(=O)Nc2ccc(Cl)cc2)S/C1=N/S(=O)(=O)c1ccc(Cl)cc1. The summed E-state index contributed by atoms with van der Waals surface area (Å²) >= 11 is 12.6. The molecule has 0 bridgehead atoms. The van der Waals surface area contributed by atoms with E-state index in [1.807, 2.05) is 0 Å². The number of carbonyl (C=O) groups is 2. The van der Waals surface area contributed by atoms with Crippen LogP contribution >= 0.6 is 35.0 Å². The molecule has 3 rings (SSSR count). The van der Waals surface area contributed by atoms with Gasteiger partial charge in [0.25, 0.3) is 10.0 Å². The van der Waals surface area contributed by atoms with E-state index in [-0.39, 0.29) is 23.0 Å². The van der Waals surface area contributed by atoms with Crippen molar-refractivity contribution in [3.05, 3.63) is 71.2 Å². The molecule has 2 aromatic rings. The number of carbonyl (C=O) groups excluding carboxylic acids is 2. The highest BCUT2D eigenvalue weighted by Crippen LogP contribution is 2.31. The minimum atomic E-state index is -4.07. The Morgan fingerprint density at radius 1 is 1.13 bits per heavy atom. The van der Waals surface area contributed by atoms with Gasteiger partial charge in [0.05, 0.1) is 4.90 Å². The smallest absolute Gasteiger partial charge is 0.284 e. The van der Waals surface area contributed by atoms with Crippen LogP contribution in [0.4, 0.5) is 5.69 Å². The van der Waals surface area contributed by atoms with Crippen LogP contribution in [0.3, 0.4) is 0 Å². The van der Waals surface area contributed by atoms with Crippen LogP contribution in [0.2, 0.25) is 10.0 Å². The number of nitrogens with one attached hydrogen (secondary N) is 1. The lowest BCUT2D eigenvalue weighted by Crippen LogP contribution is -2.33. The molecule has 0 saturated carbocycles. The van der Waals surface area contributed by atoms with Gasteiger partial charge in [0.1, 0.15) is 5.25 Å². The number of benzene rings is 2. The van der Waals surface area contributed by atoms with Crippen LogP contribution in [0, 0.1) is 0 Å². The van der Waals surface area contributed by atoms with E-state index in [9.17, 15) is 18.0 Å². The van der Waals surface area contributed by atoms with Crippen molar-refractivity contribution in [1.29, 1.82) is 0 Å². The summed E-state index contributed by atoms with van der Waals surface area (Å²) < 4.78 is 29.1. The molecule has 1 saturated heterocycles. The predicted molar refractivity (Wildman–Crippen MR) is 124 cm³/mol. The normalized spacial score (nSPS) is 17.7. The lowest BCUT2D eigenvalue weighted by atomic mass is 10.2. The third-order valence-electron chi connectivity index (χ3n) is 4.14. The number of nitrogens with zero attached hydrogens (tertiary/aromatic N) is 2. The number of thioether (sulfide) groups is 1. The van der Waals surface area contributed by atoms with Crippen molar-refractivity contribution in [2.75, 3.05) is 11.9 Å². The molecule has 0 spiro atoms. The largest absolute Gasteiger partial charge is 0.326 e. The van der Waals surface area contributed by atoms with Crippen LogP contribution in [-0.2, 0) is 19.6 Å². The number of anilines is 1. The van der Waals surface area contributed by atoms with Gasteiger partial charge in [-0.05, 0) is 48.5 Å². The second kappa shape index (κ2) is 9.86. The van der Waals surface area contributed by atoms with Crippen molar-refractivity contribution < 1.29 is 18.0 Å². The highest BCUT2D eigenvalue weighted by molar-refractivity contribution is 8.16. The van der Waals surface area contributed by atoms with Crippen LogP contribution in [0.1, 0.15) is 6.42 Å². The Labute approximate surface area is 194 Å². The Balaban J connectivity index is 1.78. The summed E-state index contributed by atoms with van der Waals surface area (Å²) in [6, 6.07) is 12.1. The number of amides is 2. The number of rotatable bonds is 7. The zero-order chi connectivity index (χ0) is 22.6. The molecule has 1 atom stereocenters. The molecular formula is C20H17Cl2N3O4S2. The van der Waals surface area contributed by atoms with Crippen LogP contribution in [0.25, 0.3) is 0 Å². The zero-order valence-corrected chi connectivity index (χ0v) is 19.1. The summed E-state index contributed by atoms with van der Waals surface area (Å²) in [5, 5.41) is 2.78. The molecule has 31 heavy (non-hydrogen) atoms. The molecule has 1 aliphatic heterocycles. The van der Waals surface area contributed by atoms with E-state index < -0.39 is 27.1 Å². The van der Waals surface area contributed by atoms with Gasteiger partial charge in [0.15, 0.2) is 5.17 Å². The second-order valence-corrected chi connectivity index (χ2v) is 10.1. The minimum absolute atomic E-state index is 0.0101. The van der Waals surface area contributed by atoms with Crippen molar-refractivity contribution in [3.8, 4) is 0 Å². The molecule has 1 unspecified atom stereocenters. The molecule has 2 amide bonds. The van der Waals surface area contributed by atoms with Gasteiger partial charge < -0.3 is 5.32 Å². The third-order valence-corrected chi connectivity index (χ3v) is 7.22. The van der Waals surface area contributed by atoms with E-state index in [4.69, 9.17) is 23.2 Å². The first kappa shape index (κ1) is 23.3. The molecule has 0 aliphatic carbocycles. The fourth-order valence-corrected chi connectivity index (χ4v) is 5.30. The van der Waals surface area contributed by atoms with E-state index in [1.165, 1.54) is 35.2 Å². The van der Waals surface area contributed by atoms with Crippen molar-refractivity contribution >= 4 is 67.7 Å². The van der Waals surface area contributed by atoms with Gasteiger partial charge in [0.2, 0.25) is 11.8 Å². The first-order valence-electron chi connectivity index (χ1n) is 8.94. The molecule has 1 fully saturated rings. The lowest BCUT2D eigenvalue weighted by Gasteiger charge is -2.13. The number of hydrogen-bond acceptors (Lipinski definition) is 5. The average molecular weight is 498 g/mol. The summed E-state index contributed by atoms with van der Waals surface area (Å²) in [5.74, 6) is -0.810. The number of sulfonamides is 1. The monoisotopic (exact) mass is 497 g/mol. The molecule has 2 aromatic carbocycles. The summed E-state index contributed by atoms with van der Waals surface area (Å²) in [6.45, 7) is 3.66. The maximum absolute atomic E-state index is 12.8. The Kier molecular flexibility index (Phi) is 7.42. The van der Waals surface area contributed by atoms with Crippen LogP contribution in [0.5, 0.6) is 0 Å². The third kappa shape index (κ3) is 5.88. The van der Waals surface area contributed by atoms with Gasteiger partial charge in [0, 0.05) is 28.7 Å². The molecule has 162 valence electrons. The fourth-order valence-electron chi connectivity index (χ4n) is 2.68. The maximum atomic E-state index is 12.8. The van der Waals surface area contributed by atoms with Crippen LogP contribution in [0.15, 0.2) is 70.5 Å². The van der Waals surface area contributed by atoms with E-state index in [0.29, 0.717) is 15.7 Å². The van der Waals surface area contributed by atoms with Crippen molar-refractivity contribution in [2.24, 2.45) is 4.40 Å². The van der Waals surface area contributed by atoms with E-state index in [0.717, 1.165) is 11.8 Å². The van der Waals surface area contributed by atoms with Gasteiger partial charge in [-0.1, -0.05) is 41.0 Å². The molecule has 0 aromatic heterocycles. The molecular weight excluding hydrogens is 481 g/mol. The van der Waals surface area contributed by atoms with Crippen molar-refractivity contribution in [3.63, 3.8) is 0 Å². The van der Waals surface area contributed by atoms with Gasteiger partial charge in [-0.25, -0.2) is 0 Å². The van der Waals surface area contributed by atoms with Gasteiger partial charge >= 0.3 is 0 Å². The molecule has 1 aliphatic rings. The van der Waals surface area contributed by atoms with E-state index >= 15 is 0 Å². The van der Waals surface area contributed by atoms with Crippen LogP contribution < -0.4 is 5.32 Å². The fraction of sp³-hybridized carbons (Fsp3) is 0.150. The van der Waals surface area contributed by atoms with Gasteiger partial charge in [-0.2, -0.15) is 8.42 Å². The molecule has 1 N–H and O–H groups in total. The molecule has 11 heteroatoms. The zero-order valence-electron chi connectivity index (χ0n) is 16.0. The summed E-state index contributed by atoms with van der Waals surface area (Å²) in [4.78, 5) is 26.3. The number of halogens is 2. The Morgan fingerprint density at radius 2 is 1.71 bits per heavy atom. The number of amidine groups is 1. The average Bonchev–Trinajstić information content (AvgIpc) is 2.98. The molecule has 7 nitrogen and oxygen atoms in total. The van der Waals surface area contributed by atoms with E-state index in [1.54, 1.807) is 24.3 Å². The standard InChI is InChI=1S/C20H17Cl2N3O4S2/c1-2-11-25-19(27)17(12-18(26)23-15-7-3-13(21)4-8-15)30-20(25)24-31(28,29)16-9-5-14(22)6-10-16/h2-10,17H,1,11-12H2,(H,23,26)/b24-20+. The van der Waals surface area contributed by atoms with Crippen molar-refractivity contribution in [2.45, 2.75) is 16.6 Å². The molecule has 0 radical (unpaired) electrons. The Hall–Kier alpha value is -2.33. The van der Waals surface area contributed by atoms with E-state index in [2.05, 4.69) is 16.3 Å². The highest BCUT2D eigenvalue weighted by atomic mass is 35.5. The van der Waals surface area contributed by atoms with Crippen LogP contribution in [-0.4, -0.2) is 42.1 Å².